The lowest BCUT2D eigenvalue weighted by molar-refractivity contribution is 0.292. The summed E-state index contributed by atoms with van der Waals surface area (Å²) < 4.78 is 21.3. The first-order valence-corrected chi connectivity index (χ1v) is 8.63. The maximum Gasteiger partial charge on any atom is 0.331 e. The van der Waals surface area contributed by atoms with Crippen molar-refractivity contribution >= 4 is 10.9 Å². The highest BCUT2D eigenvalue weighted by Crippen LogP contribution is 2.12. The monoisotopic (exact) mass is 356 g/mol. The second kappa shape index (κ2) is 7.56. The van der Waals surface area contributed by atoms with Crippen LogP contribution < -0.4 is 16.0 Å². The van der Waals surface area contributed by atoms with Crippen LogP contribution >= 0.6 is 0 Å². The minimum absolute atomic E-state index is 0.128. The lowest BCUT2D eigenvalue weighted by Gasteiger charge is -2.14. The van der Waals surface area contributed by atoms with Crippen molar-refractivity contribution in [3.63, 3.8) is 0 Å². The van der Waals surface area contributed by atoms with Crippen LogP contribution in [0.25, 0.3) is 10.9 Å². The van der Waals surface area contributed by atoms with E-state index in [9.17, 15) is 14.0 Å². The predicted molar refractivity (Wildman–Crippen MR) is 99.4 cm³/mol. The molecule has 136 valence electrons. The van der Waals surface area contributed by atoms with Gasteiger partial charge < -0.3 is 4.74 Å². The quantitative estimate of drug-likeness (QED) is 0.682. The Balaban J connectivity index is 1.95. The van der Waals surface area contributed by atoms with E-state index in [1.54, 1.807) is 10.6 Å². The summed E-state index contributed by atoms with van der Waals surface area (Å²) in [5, 5.41) is 0.528. The van der Waals surface area contributed by atoms with E-state index in [2.05, 4.69) is 0 Å². The molecule has 2 aromatic carbocycles. The Labute approximate surface area is 150 Å². The zero-order chi connectivity index (χ0) is 18.7. The van der Waals surface area contributed by atoms with Crippen LogP contribution in [0.5, 0.6) is 5.75 Å². The number of ether oxygens (including phenoxy) is 1. The Bertz CT molecular complexity index is 1040. The zero-order valence-electron chi connectivity index (χ0n) is 14.9. The van der Waals surface area contributed by atoms with Gasteiger partial charge in [-0.05, 0) is 49.7 Å². The Morgan fingerprint density at radius 1 is 1.00 bits per heavy atom. The van der Waals surface area contributed by atoms with Gasteiger partial charge in [-0.1, -0.05) is 18.6 Å². The number of fused-ring (bicyclic) bond motifs is 1. The van der Waals surface area contributed by atoms with Crippen LogP contribution in [0.1, 0.15) is 18.9 Å². The highest BCUT2D eigenvalue weighted by molar-refractivity contribution is 5.78. The van der Waals surface area contributed by atoms with Gasteiger partial charge in [0.15, 0.2) is 0 Å². The highest BCUT2D eigenvalue weighted by Gasteiger charge is 2.13. The van der Waals surface area contributed by atoms with Crippen LogP contribution in [0.2, 0.25) is 0 Å². The maximum absolute atomic E-state index is 12.9. The van der Waals surface area contributed by atoms with E-state index in [1.807, 2.05) is 26.0 Å². The zero-order valence-corrected chi connectivity index (χ0v) is 14.9. The number of aryl methyl sites for hydroxylation is 2. The van der Waals surface area contributed by atoms with E-state index < -0.39 is 0 Å². The van der Waals surface area contributed by atoms with Crippen molar-refractivity contribution in [3.05, 3.63) is 74.7 Å². The molecule has 0 aliphatic rings. The number of benzene rings is 2. The molecule has 5 nitrogen and oxygen atoms in total. The van der Waals surface area contributed by atoms with Gasteiger partial charge in [-0.3, -0.25) is 13.9 Å². The normalized spacial score (nSPS) is 11.0. The van der Waals surface area contributed by atoms with E-state index in [1.165, 1.54) is 28.8 Å². The first kappa shape index (κ1) is 17.9. The third-order valence-electron chi connectivity index (χ3n) is 4.22. The van der Waals surface area contributed by atoms with Crippen molar-refractivity contribution in [1.82, 2.24) is 9.13 Å². The molecule has 0 unspecified atom stereocenters. The minimum atomic E-state index is -0.346. The van der Waals surface area contributed by atoms with Gasteiger partial charge in [0, 0.05) is 6.54 Å². The highest BCUT2D eigenvalue weighted by atomic mass is 19.1. The molecule has 6 heteroatoms. The predicted octanol–water partition coefficient (Wildman–Crippen LogP) is 3.10. The Morgan fingerprint density at radius 3 is 2.42 bits per heavy atom. The molecule has 1 aromatic heterocycles. The molecule has 1 heterocycles. The largest absolute Gasteiger partial charge is 0.492 e. The van der Waals surface area contributed by atoms with Gasteiger partial charge in [0.2, 0.25) is 0 Å². The Hall–Kier alpha value is -2.89. The molecular formula is C20H21FN2O3. The van der Waals surface area contributed by atoms with Gasteiger partial charge in [0.25, 0.3) is 5.56 Å². The standard InChI is InChI=1S/C20H21FN2O3/c1-3-10-22-18-9-4-14(2)13-17(18)19(24)23(20(22)25)11-12-26-16-7-5-15(21)6-8-16/h4-9,13H,3,10-12H2,1-2H3. The molecule has 0 saturated carbocycles. The summed E-state index contributed by atoms with van der Waals surface area (Å²) in [7, 11) is 0. The number of hydrogen-bond acceptors (Lipinski definition) is 3. The fourth-order valence-electron chi connectivity index (χ4n) is 2.96. The van der Waals surface area contributed by atoms with Gasteiger partial charge in [-0.2, -0.15) is 0 Å². The van der Waals surface area contributed by atoms with Crippen molar-refractivity contribution in [2.75, 3.05) is 6.61 Å². The molecule has 26 heavy (non-hydrogen) atoms. The summed E-state index contributed by atoms with van der Waals surface area (Å²) >= 11 is 0. The van der Waals surface area contributed by atoms with E-state index in [-0.39, 0.29) is 30.2 Å². The third kappa shape index (κ3) is 3.54. The Morgan fingerprint density at radius 2 is 1.73 bits per heavy atom. The van der Waals surface area contributed by atoms with Gasteiger partial charge in [-0.15, -0.1) is 0 Å². The van der Waals surface area contributed by atoms with Crippen LogP contribution in [0.3, 0.4) is 0 Å². The summed E-state index contributed by atoms with van der Waals surface area (Å²) in [6.07, 6.45) is 0.785. The first-order valence-electron chi connectivity index (χ1n) is 8.63. The number of aromatic nitrogens is 2. The Kier molecular flexibility index (Phi) is 5.21. The second-order valence-corrected chi connectivity index (χ2v) is 6.21. The lowest BCUT2D eigenvalue weighted by Crippen LogP contribution is -2.41. The molecule has 3 rings (SSSR count). The molecule has 0 atom stereocenters. The number of halogens is 1. The molecule has 3 aromatic rings. The molecule has 0 bridgehead atoms. The van der Waals surface area contributed by atoms with Crippen molar-refractivity contribution in [2.45, 2.75) is 33.4 Å². The van der Waals surface area contributed by atoms with Crippen molar-refractivity contribution in [1.29, 1.82) is 0 Å². The molecule has 0 saturated heterocycles. The number of nitrogens with zero attached hydrogens (tertiary/aromatic N) is 2. The number of rotatable bonds is 6. The van der Waals surface area contributed by atoms with E-state index in [0.29, 0.717) is 23.2 Å². The van der Waals surface area contributed by atoms with Gasteiger partial charge in [0.05, 0.1) is 17.4 Å². The smallest absolute Gasteiger partial charge is 0.331 e. The van der Waals surface area contributed by atoms with Crippen LogP contribution in [0.4, 0.5) is 4.39 Å². The minimum Gasteiger partial charge on any atom is -0.492 e. The summed E-state index contributed by atoms with van der Waals surface area (Å²) in [6, 6.07) is 11.1. The van der Waals surface area contributed by atoms with E-state index in [0.717, 1.165) is 12.0 Å². The van der Waals surface area contributed by atoms with Gasteiger partial charge in [-0.25, -0.2) is 9.18 Å². The first-order chi connectivity index (χ1) is 12.5. The molecule has 0 amide bonds. The third-order valence-corrected chi connectivity index (χ3v) is 4.22. The van der Waals surface area contributed by atoms with Gasteiger partial charge >= 0.3 is 5.69 Å². The average Bonchev–Trinajstić information content (AvgIpc) is 2.63. The fraction of sp³-hybridized carbons (Fsp3) is 0.300. The summed E-state index contributed by atoms with van der Waals surface area (Å²) in [5.41, 5.74) is 0.966. The van der Waals surface area contributed by atoms with E-state index in [4.69, 9.17) is 4.74 Å². The van der Waals surface area contributed by atoms with E-state index >= 15 is 0 Å². The van der Waals surface area contributed by atoms with Crippen LogP contribution in [0.15, 0.2) is 52.1 Å². The molecule has 0 aliphatic heterocycles. The molecule has 0 spiro atoms. The van der Waals surface area contributed by atoms with Gasteiger partial charge in [0.1, 0.15) is 18.2 Å². The fourth-order valence-corrected chi connectivity index (χ4v) is 2.96. The van der Waals surface area contributed by atoms with Crippen LogP contribution in [-0.4, -0.2) is 15.7 Å². The van der Waals surface area contributed by atoms with Crippen LogP contribution in [0, 0.1) is 12.7 Å². The van der Waals surface area contributed by atoms with Crippen LogP contribution in [-0.2, 0) is 13.1 Å². The summed E-state index contributed by atoms with van der Waals surface area (Å²) in [5.74, 6) is 0.144. The summed E-state index contributed by atoms with van der Waals surface area (Å²) in [6.45, 7) is 4.71. The summed E-state index contributed by atoms with van der Waals surface area (Å²) in [4.78, 5) is 25.6. The molecule has 0 N–H and O–H groups in total. The van der Waals surface area contributed by atoms with Crippen molar-refractivity contribution in [3.8, 4) is 5.75 Å². The molecule has 0 aliphatic carbocycles. The molecule has 0 fully saturated rings. The van der Waals surface area contributed by atoms with Crippen molar-refractivity contribution in [2.24, 2.45) is 0 Å². The topological polar surface area (TPSA) is 53.2 Å². The SMILES string of the molecule is CCCn1c(=O)n(CCOc2ccc(F)cc2)c(=O)c2cc(C)ccc21. The lowest BCUT2D eigenvalue weighted by atomic mass is 10.1. The molecular weight excluding hydrogens is 335 g/mol. The molecule has 0 radical (unpaired) electrons. The number of hydrogen-bond donors (Lipinski definition) is 0. The maximum atomic E-state index is 12.9. The second-order valence-electron chi connectivity index (χ2n) is 6.21. The average molecular weight is 356 g/mol. The van der Waals surface area contributed by atoms with Crippen molar-refractivity contribution < 1.29 is 9.13 Å².